The molecular formula is C16H18O8. The summed E-state index contributed by atoms with van der Waals surface area (Å²) in [7, 11) is 0. The molecule has 0 aromatic heterocycles. The fourth-order valence-corrected chi connectivity index (χ4v) is 2.49. The van der Waals surface area contributed by atoms with Gasteiger partial charge in [-0.2, -0.15) is 0 Å². The van der Waals surface area contributed by atoms with Gasteiger partial charge in [-0.15, -0.1) is 0 Å². The highest BCUT2D eigenvalue weighted by Crippen LogP contribution is 2.32. The zero-order chi connectivity index (χ0) is 17.9. The van der Waals surface area contributed by atoms with Crippen LogP contribution in [0, 0.1) is 0 Å². The number of hydrogen-bond acceptors (Lipinski definition) is 7. The lowest BCUT2D eigenvalue weighted by Crippen LogP contribution is -2.55. The Bertz CT molecular complexity index is 668. The lowest BCUT2D eigenvalue weighted by atomic mass is 9.80. The Morgan fingerprint density at radius 3 is 2.58 bits per heavy atom. The van der Waals surface area contributed by atoms with Gasteiger partial charge in [0.25, 0.3) is 0 Å². The molecule has 0 heterocycles. The van der Waals surface area contributed by atoms with Gasteiger partial charge in [-0.05, 0) is 36.6 Å². The maximum absolute atomic E-state index is 11.8. The minimum Gasteiger partial charge on any atom is -0.504 e. The Hall–Kier alpha value is -2.58. The minimum absolute atomic E-state index is 0.0967. The van der Waals surface area contributed by atoms with Crippen LogP contribution in [-0.4, -0.2) is 55.3 Å². The number of aliphatic carboxylic acids is 1. The van der Waals surface area contributed by atoms with E-state index in [1.165, 1.54) is 24.3 Å². The Morgan fingerprint density at radius 1 is 1.25 bits per heavy atom. The van der Waals surface area contributed by atoms with Crippen LogP contribution in [0.15, 0.2) is 24.3 Å². The van der Waals surface area contributed by atoms with Crippen LogP contribution < -0.4 is 0 Å². The summed E-state index contributed by atoms with van der Waals surface area (Å²) in [6, 6.07) is 3.90. The molecule has 0 saturated heterocycles. The molecule has 1 aliphatic rings. The second-order valence-corrected chi connectivity index (χ2v) is 5.66. The number of carbonyl (C=O) groups excluding carboxylic acids is 1. The second kappa shape index (κ2) is 6.90. The number of carbonyl (C=O) groups is 2. The normalized spacial score (nSPS) is 27.1. The van der Waals surface area contributed by atoms with Crippen molar-refractivity contribution in [1.82, 2.24) is 0 Å². The minimum atomic E-state index is -2.24. The van der Waals surface area contributed by atoms with Crippen LogP contribution in [0.5, 0.6) is 11.5 Å². The number of aliphatic hydroxyl groups is 2. The van der Waals surface area contributed by atoms with E-state index in [9.17, 15) is 30.0 Å². The summed E-state index contributed by atoms with van der Waals surface area (Å²) in [5.41, 5.74) is -1.83. The van der Waals surface area contributed by atoms with Crippen molar-refractivity contribution in [2.45, 2.75) is 37.1 Å². The Kier molecular flexibility index (Phi) is 5.10. The van der Waals surface area contributed by atoms with Crippen molar-refractivity contribution in [3.63, 3.8) is 0 Å². The van der Waals surface area contributed by atoms with Crippen molar-refractivity contribution in [2.75, 3.05) is 0 Å². The maximum Gasteiger partial charge on any atom is 0.339 e. The van der Waals surface area contributed by atoms with Gasteiger partial charge in [0, 0.05) is 12.5 Å². The van der Waals surface area contributed by atoms with E-state index in [1.807, 2.05) is 0 Å². The molecule has 3 unspecified atom stereocenters. The summed E-state index contributed by atoms with van der Waals surface area (Å²) in [6.07, 6.45) is -0.251. The summed E-state index contributed by atoms with van der Waals surface area (Å²) in [4.78, 5) is 23.1. The van der Waals surface area contributed by atoms with Gasteiger partial charge in [0.05, 0.1) is 6.10 Å². The lowest BCUT2D eigenvalue weighted by molar-refractivity contribution is -0.192. The zero-order valence-electron chi connectivity index (χ0n) is 12.6. The molecule has 24 heavy (non-hydrogen) atoms. The van der Waals surface area contributed by atoms with Crippen molar-refractivity contribution in [3.05, 3.63) is 29.8 Å². The average Bonchev–Trinajstić information content (AvgIpc) is 2.52. The first-order valence-corrected chi connectivity index (χ1v) is 7.27. The van der Waals surface area contributed by atoms with Crippen molar-refractivity contribution in [3.8, 4) is 11.5 Å². The number of carboxylic acid groups (broad SMARTS) is 1. The standard InChI is InChI=1S/C16H18O8/c17-10-5-6-16(23,15(21)22)13(8-10)24-14(20)4-2-9-1-3-11(18)12(19)7-9/h1-4,7,10,13,17-19,23H,5-6,8H2,(H,21,22)/b4-2+. The third-order valence-electron chi connectivity index (χ3n) is 3.92. The summed E-state index contributed by atoms with van der Waals surface area (Å²) >= 11 is 0. The number of aliphatic hydroxyl groups excluding tert-OH is 1. The molecular weight excluding hydrogens is 320 g/mol. The molecule has 3 atom stereocenters. The van der Waals surface area contributed by atoms with E-state index >= 15 is 0 Å². The molecule has 0 spiro atoms. The Morgan fingerprint density at radius 2 is 1.96 bits per heavy atom. The number of benzene rings is 1. The number of phenols is 2. The fraction of sp³-hybridized carbons (Fsp3) is 0.375. The summed E-state index contributed by atoms with van der Waals surface area (Å²) in [6.45, 7) is 0. The highest BCUT2D eigenvalue weighted by molar-refractivity contribution is 5.88. The first-order chi connectivity index (χ1) is 11.2. The SMILES string of the molecule is O=C(/C=C/c1ccc(O)c(O)c1)OC1CC(O)CCC1(O)C(=O)O. The molecule has 0 bridgehead atoms. The molecule has 0 amide bonds. The lowest BCUT2D eigenvalue weighted by Gasteiger charge is -2.37. The van der Waals surface area contributed by atoms with Crippen LogP contribution in [0.4, 0.5) is 0 Å². The molecule has 2 rings (SSSR count). The number of carboxylic acids is 1. The fourth-order valence-electron chi connectivity index (χ4n) is 2.49. The van der Waals surface area contributed by atoms with Crippen LogP contribution in [0.3, 0.4) is 0 Å². The average molecular weight is 338 g/mol. The molecule has 1 fully saturated rings. The molecule has 0 aliphatic heterocycles. The van der Waals surface area contributed by atoms with Crippen molar-refractivity contribution in [1.29, 1.82) is 0 Å². The molecule has 5 N–H and O–H groups in total. The van der Waals surface area contributed by atoms with E-state index in [2.05, 4.69) is 0 Å². The smallest absolute Gasteiger partial charge is 0.339 e. The monoisotopic (exact) mass is 338 g/mol. The first-order valence-electron chi connectivity index (χ1n) is 7.27. The maximum atomic E-state index is 11.8. The number of hydrogen-bond donors (Lipinski definition) is 5. The first kappa shape index (κ1) is 17.8. The van der Waals surface area contributed by atoms with E-state index in [4.69, 9.17) is 9.84 Å². The number of ether oxygens (including phenoxy) is 1. The summed E-state index contributed by atoms with van der Waals surface area (Å²) in [5, 5.41) is 47.5. The van der Waals surface area contributed by atoms with Gasteiger partial charge in [0.15, 0.2) is 17.1 Å². The molecule has 8 heteroatoms. The predicted octanol–water partition coefficient (Wildman–Crippen LogP) is 0.383. The van der Waals surface area contributed by atoms with Crippen LogP contribution >= 0.6 is 0 Å². The number of rotatable bonds is 4. The van der Waals surface area contributed by atoms with Crippen molar-refractivity contribution >= 4 is 18.0 Å². The largest absolute Gasteiger partial charge is 0.504 e. The highest BCUT2D eigenvalue weighted by atomic mass is 16.6. The summed E-state index contributed by atoms with van der Waals surface area (Å²) in [5.74, 6) is -3.08. The Labute approximate surface area is 137 Å². The van der Waals surface area contributed by atoms with Gasteiger partial charge in [0.1, 0.15) is 6.10 Å². The third-order valence-corrected chi connectivity index (χ3v) is 3.92. The van der Waals surface area contributed by atoms with Gasteiger partial charge in [-0.3, -0.25) is 0 Å². The van der Waals surface area contributed by atoms with E-state index in [0.717, 1.165) is 6.08 Å². The van der Waals surface area contributed by atoms with Gasteiger partial charge in [-0.25, -0.2) is 9.59 Å². The second-order valence-electron chi connectivity index (χ2n) is 5.66. The molecule has 8 nitrogen and oxygen atoms in total. The molecule has 1 aromatic rings. The van der Waals surface area contributed by atoms with Crippen molar-refractivity contribution in [2.24, 2.45) is 0 Å². The van der Waals surface area contributed by atoms with Crippen molar-refractivity contribution < 1.29 is 39.9 Å². The van der Waals surface area contributed by atoms with Gasteiger partial charge >= 0.3 is 11.9 Å². The van der Waals surface area contributed by atoms with Crippen LogP contribution in [0.25, 0.3) is 6.08 Å². The number of esters is 1. The molecule has 0 radical (unpaired) electrons. The van der Waals surface area contributed by atoms with E-state index in [-0.39, 0.29) is 30.8 Å². The van der Waals surface area contributed by atoms with Gasteiger partial charge in [0.2, 0.25) is 0 Å². The zero-order valence-corrected chi connectivity index (χ0v) is 12.6. The third kappa shape index (κ3) is 3.84. The molecule has 1 aromatic carbocycles. The van der Waals surface area contributed by atoms with Crippen LogP contribution in [0.1, 0.15) is 24.8 Å². The topological polar surface area (TPSA) is 145 Å². The van der Waals surface area contributed by atoms with Crippen LogP contribution in [0.2, 0.25) is 0 Å². The molecule has 1 saturated carbocycles. The van der Waals surface area contributed by atoms with E-state index in [1.54, 1.807) is 0 Å². The Balaban J connectivity index is 2.07. The molecule has 130 valence electrons. The van der Waals surface area contributed by atoms with E-state index in [0.29, 0.717) is 5.56 Å². The summed E-state index contributed by atoms with van der Waals surface area (Å²) < 4.78 is 4.99. The van der Waals surface area contributed by atoms with Crippen LogP contribution in [-0.2, 0) is 14.3 Å². The number of phenolic OH excluding ortho intramolecular Hbond substituents is 2. The molecule has 1 aliphatic carbocycles. The highest BCUT2D eigenvalue weighted by Gasteiger charge is 2.50. The van der Waals surface area contributed by atoms with E-state index < -0.39 is 29.7 Å². The predicted molar refractivity (Wildman–Crippen MR) is 81.1 cm³/mol. The van der Waals surface area contributed by atoms with Gasteiger partial charge < -0.3 is 30.3 Å². The number of aromatic hydroxyl groups is 2. The quantitative estimate of drug-likeness (QED) is 0.301. The van der Waals surface area contributed by atoms with Gasteiger partial charge in [-0.1, -0.05) is 6.07 Å².